The molecule has 0 aliphatic carbocycles. The van der Waals surface area contributed by atoms with Crippen molar-refractivity contribution in [3.63, 3.8) is 0 Å². The second-order valence-electron chi connectivity index (χ2n) is 6.78. The number of rotatable bonds is 10. The van der Waals surface area contributed by atoms with Gasteiger partial charge in [0.05, 0.1) is 23.4 Å². The van der Waals surface area contributed by atoms with Crippen LogP contribution in [0.25, 0.3) is 0 Å². The average molecular weight is 444 g/mol. The molecule has 31 heavy (non-hydrogen) atoms. The Morgan fingerprint density at radius 1 is 0.968 bits per heavy atom. The third-order valence-corrected chi connectivity index (χ3v) is 4.66. The summed E-state index contributed by atoms with van der Waals surface area (Å²) >= 11 is 5.30. The quantitative estimate of drug-likeness (QED) is 0.383. The molecular weight excluding hydrogens is 414 g/mol. The fourth-order valence-corrected chi connectivity index (χ4v) is 2.86. The zero-order valence-corrected chi connectivity index (χ0v) is 18.9. The van der Waals surface area contributed by atoms with Crippen LogP contribution < -0.4 is 20.7 Å². The summed E-state index contributed by atoms with van der Waals surface area (Å²) in [6.07, 6.45) is 0.821. The Morgan fingerprint density at radius 3 is 2.35 bits per heavy atom. The molecule has 3 N–H and O–H groups in total. The first-order valence-corrected chi connectivity index (χ1v) is 10.7. The molecule has 0 saturated carbocycles. The van der Waals surface area contributed by atoms with Crippen LogP contribution in [-0.2, 0) is 4.74 Å². The van der Waals surface area contributed by atoms with Crippen molar-refractivity contribution < 1.29 is 19.1 Å². The summed E-state index contributed by atoms with van der Waals surface area (Å²) in [6, 6.07) is 13.9. The minimum atomic E-state index is -0.411. The standard InChI is InChI=1S/C23H29N3O4S/c1-4-16(3)24-21(27)17-10-6-8-12-19(17)25-23(31)26-22(28)18-11-7-9-13-20(18)30-15-14-29-5-2/h6-13,16H,4-5,14-15H2,1-3H3,(H,24,27)(H2,25,26,28,31). The van der Waals surface area contributed by atoms with Crippen molar-refractivity contribution in [2.45, 2.75) is 33.2 Å². The van der Waals surface area contributed by atoms with E-state index in [0.29, 0.717) is 42.4 Å². The van der Waals surface area contributed by atoms with Crippen molar-refractivity contribution in [1.29, 1.82) is 0 Å². The molecule has 0 aromatic heterocycles. The Hall–Kier alpha value is -2.97. The molecule has 1 unspecified atom stereocenters. The van der Waals surface area contributed by atoms with Gasteiger partial charge in [0.1, 0.15) is 12.4 Å². The van der Waals surface area contributed by atoms with E-state index in [1.165, 1.54) is 0 Å². The van der Waals surface area contributed by atoms with Crippen LogP contribution >= 0.6 is 12.2 Å². The van der Waals surface area contributed by atoms with E-state index < -0.39 is 5.91 Å². The maximum atomic E-state index is 12.7. The predicted octanol–water partition coefficient (Wildman–Crippen LogP) is 3.76. The van der Waals surface area contributed by atoms with Gasteiger partial charge in [0.25, 0.3) is 11.8 Å². The molecule has 0 heterocycles. The van der Waals surface area contributed by atoms with Crippen LogP contribution in [-0.4, -0.2) is 42.8 Å². The number of para-hydroxylation sites is 2. The van der Waals surface area contributed by atoms with E-state index in [-0.39, 0.29) is 17.1 Å². The normalized spacial score (nSPS) is 11.3. The number of hydrogen-bond donors (Lipinski definition) is 3. The van der Waals surface area contributed by atoms with Gasteiger partial charge in [-0.3, -0.25) is 14.9 Å². The van der Waals surface area contributed by atoms with Gasteiger partial charge in [0, 0.05) is 12.6 Å². The van der Waals surface area contributed by atoms with Crippen LogP contribution in [0.1, 0.15) is 47.9 Å². The van der Waals surface area contributed by atoms with Gasteiger partial charge in [0.15, 0.2) is 5.11 Å². The number of anilines is 1. The lowest BCUT2D eigenvalue weighted by Crippen LogP contribution is -2.36. The summed E-state index contributed by atoms with van der Waals surface area (Å²) in [5.74, 6) is -0.179. The van der Waals surface area contributed by atoms with E-state index >= 15 is 0 Å². The molecule has 8 heteroatoms. The Morgan fingerprint density at radius 2 is 1.65 bits per heavy atom. The maximum Gasteiger partial charge on any atom is 0.261 e. The summed E-state index contributed by atoms with van der Waals surface area (Å²) in [5, 5.41) is 8.59. The minimum absolute atomic E-state index is 0.0476. The fraction of sp³-hybridized carbons (Fsp3) is 0.348. The third-order valence-electron chi connectivity index (χ3n) is 4.46. The van der Waals surface area contributed by atoms with Crippen LogP contribution in [0.5, 0.6) is 5.75 Å². The molecule has 0 bridgehead atoms. The van der Waals surface area contributed by atoms with Gasteiger partial charge in [-0.25, -0.2) is 0 Å². The molecule has 1 atom stereocenters. The highest BCUT2D eigenvalue weighted by molar-refractivity contribution is 7.80. The zero-order valence-electron chi connectivity index (χ0n) is 18.1. The summed E-state index contributed by atoms with van der Waals surface area (Å²) in [7, 11) is 0. The van der Waals surface area contributed by atoms with Crippen molar-refractivity contribution >= 4 is 34.8 Å². The highest BCUT2D eigenvalue weighted by Crippen LogP contribution is 2.19. The number of nitrogens with one attached hydrogen (secondary N) is 3. The Kier molecular flexibility index (Phi) is 9.93. The van der Waals surface area contributed by atoms with Crippen molar-refractivity contribution in [1.82, 2.24) is 10.6 Å². The van der Waals surface area contributed by atoms with Gasteiger partial charge in [-0.15, -0.1) is 0 Å². The molecule has 0 aliphatic heterocycles. The first-order valence-electron chi connectivity index (χ1n) is 10.3. The highest BCUT2D eigenvalue weighted by atomic mass is 32.1. The molecule has 2 aromatic rings. The second kappa shape index (κ2) is 12.7. The van der Waals surface area contributed by atoms with E-state index in [2.05, 4.69) is 16.0 Å². The lowest BCUT2D eigenvalue weighted by atomic mass is 10.1. The van der Waals surface area contributed by atoms with Gasteiger partial charge in [-0.1, -0.05) is 31.2 Å². The molecular formula is C23H29N3O4S. The number of benzene rings is 2. The predicted molar refractivity (Wildman–Crippen MR) is 126 cm³/mol. The second-order valence-corrected chi connectivity index (χ2v) is 7.19. The summed E-state index contributed by atoms with van der Waals surface area (Å²) in [6.45, 7) is 7.20. The first-order chi connectivity index (χ1) is 15.0. The van der Waals surface area contributed by atoms with E-state index in [1.807, 2.05) is 20.8 Å². The lowest BCUT2D eigenvalue weighted by molar-refractivity contribution is 0.0938. The third kappa shape index (κ3) is 7.66. The molecule has 166 valence electrons. The SMILES string of the molecule is CCOCCOc1ccccc1C(=O)NC(=S)Nc1ccccc1C(=O)NC(C)CC. The van der Waals surface area contributed by atoms with Gasteiger partial charge in [-0.2, -0.15) is 0 Å². The Bertz CT molecular complexity index is 904. The maximum absolute atomic E-state index is 12.7. The lowest BCUT2D eigenvalue weighted by Gasteiger charge is -2.16. The number of hydrogen-bond acceptors (Lipinski definition) is 5. The molecule has 2 rings (SSSR count). The van der Waals surface area contributed by atoms with Gasteiger partial charge < -0.3 is 20.1 Å². The molecule has 0 spiro atoms. The number of amides is 2. The average Bonchev–Trinajstić information content (AvgIpc) is 2.77. The van der Waals surface area contributed by atoms with Crippen LogP contribution in [0.2, 0.25) is 0 Å². The molecule has 7 nitrogen and oxygen atoms in total. The van der Waals surface area contributed by atoms with Crippen LogP contribution in [0.15, 0.2) is 48.5 Å². The summed E-state index contributed by atoms with van der Waals surface area (Å²) in [4.78, 5) is 25.3. The zero-order chi connectivity index (χ0) is 22.6. The molecule has 0 aliphatic rings. The first kappa shape index (κ1) is 24.3. The van der Waals surface area contributed by atoms with Crippen molar-refractivity contribution in [2.75, 3.05) is 25.1 Å². The van der Waals surface area contributed by atoms with E-state index in [1.54, 1.807) is 48.5 Å². The monoisotopic (exact) mass is 443 g/mol. The van der Waals surface area contributed by atoms with Gasteiger partial charge in [-0.05, 0) is 56.8 Å². The van der Waals surface area contributed by atoms with Crippen LogP contribution in [0, 0.1) is 0 Å². The summed E-state index contributed by atoms with van der Waals surface area (Å²) < 4.78 is 10.9. The Labute approximate surface area is 188 Å². The smallest absolute Gasteiger partial charge is 0.261 e. The number of ether oxygens (including phenoxy) is 2. The minimum Gasteiger partial charge on any atom is -0.490 e. The van der Waals surface area contributed by atoms with Crippen molar-refractivity contribution in [2.24, 2.45) is 0 Å². The number of carbonyl (C=O) groups is 2. The van der Waals surface area contributed by atoms with Crippen LogP contribution in [0.3, 0.4) is 0 Å². The van der Waals surface area contributed by atoms with E-state index in [9.17, 15) is 9.59 Å². The highest BCUT2D eigenvalue weighted by Gasteiger charge is 2.16. The number of thiocarbonyl (C=S) groups is 1. The number of carbonyl (C=O) groups excluding carboxylic acids is 2. The Balaban J connectivity index is 2.04. The van der Waals surface area contributed by atoms with Gasteiger partial charge >= 0.3 is 0 Å². The molecule has 2 amide bonds. The van der Waals surface area contributed by atoms with Crippen molar-refractivity contribution in [3.8, 4) is 5.75 Å². The largest absolute Gasteiger partial charge is 0.490 e. The van der Waals surface area contributed by atoms with E-state index in [4.69, 9.17) is 21.7 Å². The summed E-state index contributed by atoms with van der Waals surface area (Å²) in [5.41, 5.74) is 1.31. The van der Waals surface area contributed by atoms with Gasteiger partial charge in [0.2, 0.25) is 0 Å². The molecule has 0 fully saturated rings. The van der Waals surface area contributed by atoms with E-state index in [0.717, 1.165) is 6.42 Å². The van der Waals surface area contributed by atoms with Crippen molar-refractivity contribution in [3.05, 3.63) is 59.7 Å². The van der Waals surface area contributed by atoms with Crippen LogP contribution in [0.4, 0.5) is 5.69 Å². The molecule has 0 radical (unpaired) electrons. The topological polar surface area (TPSA) is 88.7 Å². The molecule has 2 aromatic carbocycles. The molecule has 0 saturated heterocycles. The fourth-order valence-electron chi connectivity index (χ4n) is 2.65.